The number of anilines is 2. The summed E-state index contributed by atoms with van der Waals surface area (Å²) < 4.78 is 4.83. The third-order valence-electron chi connectivity index (χ3n) is 2.50. The van der Waals surface area contributed by atoms with Gasteiger partial charge < -0.3 is 15.8 Å². The molecule has 6 nitrogen and oxygen atoms in total. The predicted molar refractivity (Wildman–Crippen MR) is 77.0 cm³/mol. The van der Waals surface area contributed by atoms with Crippen molar-refractivity contribution >= 4 is 17.6 Å². The van der Waals surface area contributed by atoms with Crippen molar-refractivity contribution in [2.24, 2.45) is 0 Å². The first kappa shape index (κ1) is 13.8. The number of benzene rings is 1. The molecule has 0 saturated heterocycles. The van der Waals surface area contributed by atoms with Gasteiger partial charge in [0.15, 0.2) is 5.82 Å². The van der Waals surface area contributed by atoms with Crippen molar-refractivity contribution in [1.29, 1.82) is 0 Å². The Morgan fingerprint density at radius 1 is 1.30 bits per heavy atom. The number of carbonyl (C=O) groups excluding carboxylic acids is 1. The lowest BCUT2D eigenvalue weighted by molar-refractivity contribution is -0.140. The highest BCUT2D eigenvalue weighted by Crippen LogP contribution is 2.18. The van der Waals surface area contributed by atoms with E-state index in [4.69, 9.17) is 10.5 Å². The highest BCUT2D eigenvalue weighted by atomic mass is 16.5. The third kappa shape index (κ3) is 3.68. The molecule has 0 fully saturated rings. The number of hydrogen-bond donors (Lipinski definition) is 2. The van der Waals surface area contributed by atoms with Crippen LogP contribution in [-0.4, -0.2) is 29.1 Å². The Bertz CT molecular complexity index is 587. The average Bonchev–Trinajstić information content (AvgIpc) is 2.46. The molecule has 6 heteroatoms. The number of nitrogen functional groups attached to an aromatic ring is 1. The molecular formula is C14H16N4O2. The SMILES string of the molecule is CCOC(=O)CNc1cc(N)nc(-c2ccccc2)n1. The minimum absolute atomic E-state index is 0.0402. The van der Waals surface area contributed by atoms with Crippen molar-refractivity contribution in [3.05, 3.63) is 36.4 Å². The molecule has 0 atom stereocenters. The predicted octanol–water partition coefficient (Wildman–Crippen LogP) is 1.70. The number of nitrogens with zero attached hydrogens (tertiary/aromatic N) is 2. The van der Waals surface area contributed by atoms with Gasteiger partial charge in [-0.3, -0.25) is 4.79 Å². The zero-order chi connectivity index (χ0) is 14.4. The van der Waals surface area contributed by atoms with Crippen LogP contribution in [0.4, 0.5) is 11.6 Å². The van der Waals surface area contributed by atoms with Crippen molar-refractivity contribution in [2.45, 2.75) is 6.92 Å². The number of nitrogens with one attached hydrogen (secondary N) is 1. The zero-order valence-corrected chi connectivity index (χ0v) is 11.2. The lowest BCUT2D eigenvalue weighted by atomic mass is 10.2. The summed E-state index contributed by atoms with van der Waals surface area (Å²) in [6.45, 7) is 2.15. The van der Waals surface area contributed by atoms with E-state index in [9.17, 15) is 4.79 Å². The summed E-state index contributed by atoms with van der Waals surface area (Å²) in [4.78, 5) is 19.8. The van der Waals surface area contributed by atoms with Crippen molar-refractivity contribution in [1.82, 2.24) is 9.97 Å². The van der Waals surface area contributed by atoms with Crippen LogP contribution in [0, 0.1) is 0 Å². The first-order valence-electron chi connectivity index (χ1n) is 6.28. The molecule has 2 aromatic rings. The number of esters is 1. The maximum absolute atomic E-state index is 11.3. The van der Waals surface area contributed by atoms with Gasteiger partial charge in [0.2, 0.25) is 0 Å². The molecular weight excluding hydrogens is 256 g/mol. The van der Waals surface area contributed by atoms with Gasteiger partial charge in [-0.05, 0) is 6.92 Å². The average molecular weight is 272 g/mol. The van der Waals surface area contributed by atoms with E-state index in [-0.39, 0.29) is 12.5 Å². The van der Waals surface area contributed by atoms with Crippen LogP contribution in [0.25, 0.3) is 11.4 Å². The second-order valence-corrected chi connectivity index (χ2v) is 4.03. The molecule has 1 heterocycles. The molecule has 1 aromatic heterocycles. The summed E-state index contributed by atoms with van der Waals surface area (Å²) in [5.41, 5.74) is 6.61. The van der Waals surface area contributed by atoms with Crippen LogP contribution in [0.15, 0.2) is 36.4 Å². The summed E-state index contributed by atoms with van der Waals surface area (Å²) in [6, 6.07) is 11.1. The fraction of sp³-hybridized carbons (Fsp3) is 0.214. The molecule has 0 aliphatic heterocycles. The van der Waals surface area contributed by atoms with E-state index in [1.54, 1.807) is 13.0 Å². The largest absolute Gasteiger partial charge is 0.465 e. The molecule has 0 aliphatic carbocycles. The van der Waals surface area contributed by atoms with E-state index < -0.39 is 0 Å². The van der Waals surface area contributed by atoms with Crippen LogP contribution >= 0.6 is 0 Å². The van der Waals surface area contributed by atoms with Crippen LogP contribution in [0.3, 0.4) is 0 Å². The van der Waals surface area contributed by atoms with Gasteiger partial charge in [0.25, 0.3) is 0 Å². The Balaban J connectivity index is 2.15. The van der Waals surface area contributed by atoms with Gasteiger partial charge in [0, 0.05) is 11.6 Å². The summed E-state index contributed by atoms with van der Waals surface area (Å²) in [7, 11) is 0. The van der Waals surface area contributed by atoms with Crippen LogP contribution in [0.5, 0.6) is 0 Å². The number of rotatable bonds is 5. The van der Waals surface area contributed by atoms with Crippen LogP contribution in [-0.2, 0) is 9.53 Å². The van der Waals surface area contributed by atoms with E-state index in [2.05, 4.69) is 15.3 Å². The van der Waals surface area contributed by atoms with Crippen molar-refractivity contribution in [3.63, 3.8) is 0 Å². The highest BCUT2D eigenvalue weighted by molar-refractivity contribution is 5.75. The van der Waals surface area contributed by atoms with Crippen LogP contribution < -0.4 is 11.1 Å². The van der Waals surface area contributed by atoms with Crippen LogP contribution in [0.1, 0.15) is 6.92 Å². The lowest BCUT2D eigenvalue weighted by Crippen LogP contribution is -2.17. The Labute approximate surface area is 117 Å². The molecule has 0 radical (unpaired) electrons. The Morgan fingerprint density at radius 3 is 2.75 bits per heavy atom. The van der Waals surface area contributed by atoms with Gasteiger partial charge in [0.1, 0.15) is 18.2 Å². The molecule has 1 aromatic carbocycles. The van der Waals surface area contributed by atoms with Gasteiger partial charge in [-0.15, -0.1) is 0 Å². The number of hydrogen-bond acceptors (Lipinski definition) is 6. The molecule has 3 N–H and O–H groups in total. The van der Waals surface area contributed by atoms with Crippen molar-refractivity contribution < 1.29 is 9.53 Å². The van der Waals surface area contributed by atoms with Gasteiger partial charge in [0.05, 0.1) is 6.61 Å². The van der Waals surface area contributed by atoms with Gasteiger partial charge in [-0.25, -0.2) is 9.97 Å². The summed E-state index contributed by atoms with van der Waals surface area (Å²) in [5, 5.41) is 2.87. The van der Waals surface area contributed by atoms with Gasteiger partial charge >= 0.3 is 5.97 Å². The summed E-state index contributed by atoms with van der Waals surface area (Å²) >= 11 is 0. The normalized spacial score (nSPS) is 10.1. The molecule has 0 amide bonds. The number of ether oxygens (including phenoxy) is 1. The molecule has 20 heavy (non-hydrogen) atoms. The maximum Gasteiger partial charge on any atom is 0.325 e. The summed E-state index contributed by atoms with van der Waals surface area (Å²) in [6.07, 6.45) is 0. The molecule has 0 saturated carbocycles. The van der Waals surface area contributed by atoms with Gasteiger partial charge in [-0.2, -0.15) is 0 Å². The fourth-order valence-corrected chi connectivity index (χ4v) is 1.65. The molecule has 0 bridgehead atoms. The number of carbonyl (C=O) groups is 1. The number of aromatic nitrogens is 2. The smallest absolute Gasteiger partial charge is 0.325 e. The molecule has 0 unspecified atom stereocenters. The monoisotopic (exact) mass is 272 g/mol. The standard InChI is InChI=1S/C14H16N4O2/c1-2-20-13(19)9-16-12-8-11(15)17-14(18-12)10-6-4-3-5-7-10/h3-8H,2,9H2,1H3,(H3,15,16,17,18). The van der Waals surface area contributed by atoms with E-state index in [0.29, 0.717) is 24.1 Å². The van der Waals surface area contributed by atoms with E-state index >= 15 is 0 Å². The summed E-state index contributed by atoms with van der Waals surface area (Å²) in [5.74, 6) is 0.998. The Morgan fingerprint density at radius 2 is 2.05 bits per heavy atom. The van der Waals surface area contributed by atoms with E-state index in [1.165, 1.54) is 0 Å². The van der Waals surface area contributed by atoms with Crippen molar-refractivity contribution in [3.8, 4) is 11.4 Å². The molecule has 104 valence electrons. The minimum atomic E-state index is -0.342. The second kappa shape index (κ2) is 6.51. The topological polar surface area (TPSA) is 90.1 Å². The highest BCUT2D eigenvalue weighted by Gasteiger charge is 2.07. The van der Waals surface area contributed by atoms with Gasteiger partial charge in [-0.1, -0.05) is 30.3 Å². The van der Waals surface area contributed by atoms with Crippen molar-refractivity contribution in [2.75, 3.05) is 24.2 Å². The molecule has 0 aliphatic rings. The third-order valence-corrected chi connectivity index (χ3v) is 2.50. The molecule has 2 rings (SSSR count). The Hall–Kier alpha value is -2.63. The quantitative estimate of drug-likeness (QED) is 0.805. The second-order valence-electron chi connectivity index (χ2n) is 4.03. The van der Waals surface area contributed by atoms with Crippen LogP contribution in [0.2, 0.25) is 0 Å². The number of nitrogens with two attached hydrogens (primary N) is 1. The lowest BCUT2D eigenvalue weighted by Gasteiger charge is -2.08. The van der Waals surface area contributed by atoms with E-state index in [1.807, 2.05) is 30.3 Å². The Kier molecular flexibility index (Phi) is 4.49. The minimum Gasteiger partial charge on any atom is -0.465 e. The first-order chi connectivity index (χ1) is 9.69. The first-order valence-corrected chi connectivity index (χ1v) is 6.28. The maximum atomic E-state index is 11.3. The molecule has 0 spiro atoms. The fourth-order valence-electron chi connectivity index (χ4n) is 1.65. The zero-order valence-electron chi connectivity index (χ0n) is 11.2. The van der Waals surface area contributed by atoms with E-state index in [0.717, 1.165) is 5.56 Å².